The van der Waals surface area contributed by atoms with Gasteiger partial charge in [0, 0.05) is 32.2 Å². The molecule has 0 spiro atoms. The lowest BCUT2D eigenvalue weighted by Gasteiger charge is -2.19. The van der Waals surface area contributed by atoms with Crippen molar-refractivity contribution >= 4 is 11.6 Å². The number of aryl methyl sites for hydroxylation is 2. The van der Waals surface area contributed by atoms with Gasteiger partial charge in [-0.3, -0.25) is 9.58 Å². The zero-order valence-electron chi connectivity index (χ0n) is 9.63. The summed E-state index contributed by atoms with van der Waals surface area (Å²) in [5.41, 5.74) is 7.65. The fraction of sp³-hybridized carbons (Fsp3) is 0.700. The first kappa shape index (κ1) is 12.5. The fourth-order valence-corrected chi connectivity index (χ4v) is 1.84. The molecule has 2 N–H and O–H groups in total. The summed E-state index contributed by atoms with van der Waals surface area (Å²) in [6.07, 6.45) is 0. The number of halogens is 1. The van der Waals surface area contributed by atoms with Gasteiger partial charge in [0.1, 0.15) is 5.15 Å². The topological polar surface area (TPSA) is 47.1 Å². The molecule has 15 heavy (non-hydrogen) atoms. The van der Waals surface area contributed by atoms with Crippen molar-refractivity contribution in [2.75, 3.05) is 19.6 Å². The molecule has 0 fully saturated rings. The molecule has 86 valence electrons. The van der Waals surface area contributed by atoms with Crippen LogP contribution in [0.1, 0.15) is 18.2 Å². The van der Waals surface area contributed by atoms with Crippen LogP contribution in [0.5, 0.6) is 0 Å². The van der Waals surface area contributed by atoms with Gasteiger partial charge in [-0.25, -0.2) is 0 Å². The van der Waals surface area contributed by atoms with Crippen LogP contribution in [-0.4, -0.2) is 34.3 Å². The molecule has 0 aliphatic heterocycles. The summed E-state index contributed by atoms with van der Waals surface area (Å²) in [4.78, 5) is 2.26. The first-order valence-electron chi connectivity index (χ1n) is 5.20. The molecule has 0 saturated carbocycles. The maximum Gasteiger partial charge on any atom is 0.131 e. The van der Waals surface area contributed by atoms with Crippen molar-refractivity contribution in [2.45, 2.75) is 20.4 Å². The van der Waals surface area contributed by atoms with E-state index in [9.17, 15) is 0 Å². The SMILES string of the molecule is CCN(CCN)Cc1c(C)nn(C)c1Cl. The molecule has 0 aromatic carbocycles. The van der Waals surface area contributed by atoms with Gasteiger partial charge >= 0.3 is 0 Å². The quantitative estimate of drug-likeness (QED) is 0.826. The van der Waals surface area contributed by atoms with Crippen molar-refractivity contribution in [1.29, 1.82) is 0 Å². The Labute approximate surface area is 96.0 Å². The first-order valence-corrected chi connectivity index (χ1v) is 5.58. The Morgan fingerprint density at radius 3 is 2.60 bits per heavy atom. The van der Waals surface area contributed by atoms with Gasteiger partial charge in [-0.05, 0) is 13.5 Å². The van der Waals surface area contributed by atoms with Crippen molar-refractivity contribution in [1.82, 2.24) is 14.7 Å². The minimum Gasteiger partial charge on any atom is -0.329 e. The van der Waals surface area contributed by atoms with Gasteiger partial charge in [-0.2, -0.15) is 5.10 Å². The van der Waals surface area contributed by atoms with Crippen LogP contribution < -0.4 is 5.73 Å². The number of likely N-dealkylation sites (N-methyl/N-ethyl adjacent to an activating group) is 1. The Hall–Kier alpha value is -0.580. The van der Waals surface area contributed by atoms with Gasteiger partial charge in [-0.1, -0.05) is 18.5 Å². The molecule has 1 rings (SSSR count). The summed E-state index contributed by atoms with van der Waals surface area (Å²) in [5.74, 6) is 0. The molecule has 1 heterocycles. The number of hydrogen-bond acceptors (Lipinski definition) is 3. The number of nitrogens with two attached hydrogens (primary N) is 1. The molecule has 0 bridgehead atoms. The molecule has 0 saturated heterocycles. The first-order chi connectivity index (χ1) is 7.10. The standard InChI is InChI=1S/C10H19ClN4/c1-4-15(6-5-12)7-9-8(2)13-14(3)10(9)11/h4-7,12H2,1-3H3. The molecule has 1 aromatic heterocycles. The second kappa shape index (κ2) is 5.49. The zero-order chi connectivity index (χ0) is 11.4. The molecular weight excluding hydrogens is 212 g/mol. The van der Waals surface area contributed by atoms with Gasteiger partial charge in [0.05, 0.1) is 5.69 Å². The Morgan fingerprint density at radius 2 is 2.20 bits per heavy atom. The molecule has 0 aliphatic rings. The van der Waals surface area contributed by atoms with Gasteiger partial charge in [0.15, 0.2) is 0 Å². The van der Waals surface area contributed by atoms with E-state index in [-0.39, 0.29) is 0 Å². The average molecular weight is 231 g/mol. The Morgan fingerprint density at radius 1 is 1.53 bits per heavy atom. The molecule has 0 atom stereocenters. The largest absolute Gasteiger partial charge is 0.329 e. The van der Waals surface area contributed by atoms with Crippen LogP contribution in [0.25, 0.3) is 0 Å². The Balaban J connectivity index is 2.78. The molecule has 0 unspecified atom stereocenters. The third-order valence-corrected chi connectivity index (χ3v) is 3.02. The van der Waals surface area contributed by atoms with Crippen molar-refractivity contribution in [3.63, 3.8) is 0 Å². The zero-order valence-corrected chi connectivity index (χ0v) is 10.4. The van der Waals surface area contributed by atoms with Crippen LogP contribution in [-0.2, 0) is 13.6 Å². The number of aromatic nitrogens is 2. The van der Waals surface area contributed by atoms with E-state index in [0.717, 1.165) is 36.0 Å². The molecule has 0 radical (unpaired) electrons. The molecule has 1 aromatic rings. The van der Waals surface area contributed by atoms with E-state index in [1.807, 2.05) is 14.0 Å². The van der Waals surface area contributed by atoms with Gasteiger partial charge in [-0.15, -0.1) is 0 Å². The highest BCUT2D eigenvalue weighted by Crippen LogP contribution is 2.20. The summed E-state index contributed by atoms with van der Waals surface area (Å²) in [5, 5.41) is 5.01. The number of hydrogen-bond donors (Lipinski definition) is 1. The molecule has 0 amide bonds. The minimum absolute atomic E-state index is 0.671. The Kier molecular flexibility index (Phi) is 4.57. The van der Waals surface area contributed by atoms with Crippen molar-refractivity contribution in [3.8, 4) is 0 Å². The fourth-order valence-electron chi connectivity index (χ4n) is 1.61. The van der Waals surface area contributed by atoms with Gasteiger partial charge < -0.3 is 5.73 Å². The molecule has 4 nitrogen and oxygen atoms in total. The van der Waals surface area contributed by atoms with E-state index in [1.165, 1.54) is 0 Å². The van der Waals surface area contributed by atoms with Crippen molar-refractivity contribution < 1.29 is 0 Å². The maximum absolute atomic E-state index is 6.16. The van der Waals surface area contributed by atoms with E-state index >= 15 is 0 Å². The summed E-state index contributed by atoms with van der Waals surface area (Å²) in [7, 11) is 1.86. The van der Waals surface area contributed by atoms with E-state index in [4.69, 9.17) is 17.3 Å². The Bertz CT molecular complexity index is 321. The average Bonchev–Trinajstić information content (AvgIpc) is 2.44. The normalized spacial score (nSPS) is 11.3. The van der Waals surface area contributed by atoms with Crippen LogP contribution in [0.3, 0.4) is 0 Å². The van der Waals surface area contributed by atoms with Gasteiger partial charge in [0.2, 0.25) is 0 Å². The van der Waals surface area contributed by atoms with Gasteiger partial charge in [0.25, 0.3) is 0 Å². The maximum atomic E-state index is 6.16. The second-order valence-electron chi connectivity index (χ2n) is 3.64. The highest BCUT2D eigenvalue weighted by Gasteiger charge is 2.13. The second-order valence-corrected chi connectivity index (χ2v) is 3.99. The molecular formula is C10H19ClN4. The summed E-state index contributed by atoms with van der Waals surface area (Å²) < 4.78 is 1.71. The van der Waals surface area contributed by atoms with Crippen molar-refractivity contribution in [3.05, 3.63) is 16.4 Å². The third kappa shape index (κ3) is 2.93. The lowest BCUT2D eigenvalue weighted by molar-refractivity contribution is 0.287. The van der Waals surface area contributed by atoms with Crippen LogP contribution in [0, 0.1) is 6.92 Å². The van der Waals surface area contributed by atoms with Crippen LogP contribution >= 0.6 is 11.6 Å². The number of rotatable bonds is 5. The molecule has 5 heteroatoms. The molecule has 0 aliphatic carbocycles. The predicted octanol–water partition coefficient (Wildman–Crippen LogP) is 1.16. The summed E-state index contributed by atoms with van der Waals surface area (Å²) in [6.45, 7) is 7.47. The third-order valence-electron chi connectivity index (χ3n) is 2.54. The number of nitrogens with zero attached hydrogens (tertiary/aromatic N) is 3. The van der Waals surface area contributed by atoms with Crippen LogP contribution in [0.15, 0.2) is 0 Å². The van der Waals surface area contributed by atoms with E-state index in [1.54, 1.807) is 4.68 Å². The lowest BCUT2D eigenvalue weighted by atomic mass is 10.2. The van der Waals surface area contributed by atoms with Crippen LogP contribution in [0.2, 0.25) is 5.15 Å². The highest BCUT2D eigenvalue weighted by molar-refractivity contribution is 6.30. The van der Waals surface area contributed by atoms with E-state index in [2.05, 4.69) is 16.9 Å². The minimum atomic E-state index is 0.671. The van der Waals surface area contributed by atoms with E-state index in [0.29, 0.717) is 6.54 Å². The monoisotopic (exact) mass is 230 g/mol. The van der Waals surface area contributed by atoms with Crippen molar-refractivity contribution in [2.24, 2.45) is 12.8 Å². The highest BCUT2D eigenvalue weighted by atomic mass is 35.5. The van der Waals surface area contributed by atoms with E-state index < -0.39 is 0 Å². The summed E-state index contributed by atoms with van der Waals surface area (Å²) in [6, 6.07) is 0. The lowest BCUT2D eigenvalue weighted by Crippen LogP contribution is -2.29. The smallest absolute Gasteiger partial charge is 0.131 e. The van der Waals surface area contributed by atoms with Crippen LogP contribution in [0.4, 0.5) is 0 Å². The predicted molar refractivity (Wildman–Crippen MR) is 63.0 cm³/mol. The summed E-state index contributed by atoms with van der Waals surface area (Å²) >= 11 is 6.16.